The van der Waals surface area contributed by atoms with Gasteiger partial charge in [0.1, 0.15) is 0 Å². The normalized spacial score (nSPS) is 12.3. The van der Waals surface area contributed by atoms with E-state index in [1.807, 2.05) is 61.0 Å². The van der Waals surface area contributed by atoms with Gasteiger partial charge in [-0.1, -0.05) is 0 Å². The van der Waals surface area contributed by atoms with Crippen LogP contribution in [-0.2, 0) is 6.18 Å². The molecule has 0 aromatic heterocycles. The maximum absolute atomic E-state index is 13.7. The van der Waals surface area contributed by atoms with Crippen LogP contribution >= 0.6 is 23.5 Å². The van der Waals surface area contributed by atoms with E-state index in [1.54, 1.807) is 0 Å². The quantitative estimate of drug-likeness (QED) is 0.161. The zero-order valence-electron chi connectivity index (χ0n) is 18.1. The first kappa shape index (κ1) is 25.7. The van der Waals surface area contributed by atoms with Gasteiger partial charge in [0.15, 0.2) is 0 Å². The molecule has 3 aromatic carbocycles. The molecular weight excluding hydrogens is 528 g/mol. The monoisotopic (exact) mass is 552 g/mol. The molecule has 3 aromatic rings. The van der Waals surface area contributed by atoms with Gasteiger partial charge in [0.2, 0.25) is 0 Å². The van der Waals surface area contributed by atoms with Gasteiger partial charge in [-0.2, -0.15) is 0 Å². The Morgan fingerprint density at radius 1 is 0.848 bits per heavy atom. The van der Waals surface area contributed by atoms with Crippen LogP contribution in [0.5, 0.6) is 0 Å². The molecule has 0 fully saturated rings. The van der Waals surface area contributed by atoms with E-state index >= 15 is 0 Å². The Kier molecular flexibility index (Phi) is 9.33. The molecule has 33 heavy (non-hydrogen) atoms. The maximum atomic E-state index is 13.7. The van der Waals surface area contributed by atoms with Crippen LogP contribution in [-0.4, -0.2) is 33.3 Å². The van der Waals surface area contributed by atoms with Gasteiger partial charge in [-0.15, -0.1) is 0 Å². The van der Waals surface area contributed by atoms with Crippen molar-refractivity contribution in [2.45, 2.75) is 17.4 Å². The molecule has 0 aliphatic carbocycles. The van der Waals surface area contributed by atoms with Gasteiger partial charge in [0.05, 0.1) is 0 Å². The Hall–Kier alpha value is -1.92. The summed E-state index contributed by atoms with van der Waals surface area (Å²) in [5.41, 5.74) is 1.20. The first-order chi connectivity index (χ1) is 15.8. The van der Waals surface area contributed by atoms with Gasteiger partial charge in [0, 0.05) is 0 Å². The number of thioether (sulfide) groups is 2. The molecule has 0 spiro atoms. The van der Waals surface area contributed by atoms with Crippen molar-refractivity contribution < 1.29 is 18.0 Å². The molecule has 0 aliphatic rings. The van der Waals surface area contributed by atoms with Gasteiger partial charge in [-0.05, 0) is 0 Å². The summed E-state index contributed by atoms with van der Waals surface area (Å²) < 4.78 is 41.2. The number of rotatable bonds is 9. The fourth-order valence-corrected chi connectivity index (χ4v) is 7.21. The van der Waals surface area contributed by atoms with Crippen molar-refractivity contribution in [3.8, 4) is 0 Å². The zero-order valence-corrected chi connectivity index (χ0v) is 21.5. The average Bonchev–Trinajstić information content (AvgIpc) is 2.84. The molecule has 0 saturated carbocycles. The van der Waals surface area contributed by atoms with Crippen molar-refractivity contribution in [3.63, 3.8) is 0 Å². The summed E-state index contributed by atoms with van der Waals surface area (Å²) in [6.07, 6.45) is -0.582. The van der Waals surface area contributed by atoms with Crippen LogP contribution in [0, 0.1) is 0 Å². The van der Waals surface area contributed by atoms with Crippen LogP contribution < -0.4 is 4.46 Å². The van der Waals surface area contributed by atoms with Crippen molar-refractivity contribution in [1.29, 1.82) is 0 Å². The predicted molar refractivity (Wildman–Crippen MR) is 136 cm³/mol. The van der Waals surface area contributed by atoms with Gasteiger partial charge in [-0.3, -0.25) is 0 Å². The third-order valence-corrected chi connectivity index (χ3v) is 9.52. The topological polar surface area (TPSA) is 17.1 Å². The Morgan fingerprint density at radius 3 is 1.91 bits per heavy atom. The molecule has 0 heterocycles. The van der Waals surface area contributed by atoms with Crippen LogP contribution in [0.4, 0.5) is 13.2 Å². The summed E-state index contributed by atoms with van der Waals surface area (Å²) in [4.78, 5) is 13.7. The number of Topliss-reactive ketones (excluding diaryl/α,β-unsaturated/α-hetero) is 1. The molecule has 0 N–H and O–H groups in total. The third-order valence-electron chi connectivity index (χ3n) is 5.02. The minimum absolute atomic E-state index is 0.120. The van der Waals surface area contributed by atoms with Crippen LogP contribution in [0.15, 0.2) is 94.7 Å². The van der Waals surface area contributed by atoms with E-state index in [1.165, 1.54) is 40.1 Å². The number of ketones is 1. The molecule has 0 radical (unpaired) electrons. The fourth-order valence-electron chi connectivity index (χ4n) is 3.39. The van der Waals surface area contributed by atoms with Gasteiger partial charge in [0.25, 0.3) is 0 Å². The van der Waals surface area contributed by atoms with E-state index in [0.29, 0.717) is 5.57 Å². The second-order valence-corrected chi connectivity index (χ2v) is 11.3. The van der Waals surface area contributed by atoms with E-state index in [2.05, 4.69) is 12.1 Å². The molecule has 0 bridgehead atoms. The SMILES string of the molecule is CSC(SC)=C(C(=O)c1ccc(C(F)(F)F)cc1)C(C[Se]c1ccccc1)c1ccccc1. The summed E-state index contributed by atoms with van der Waals surface area (Å²) in [5, 5.41) is 0.771. The summed E-state index contributed by atoms with van der Waals surface area (Å²) >= 11 is 3.12. The number of carbonyl (C=O) groups excluding carboxylic acids is 1. The Morgan fingerprint density at radius 2 is 1.39 bits per heavy atom. The molecule has 172 valence electrons. The molecule has 1 atom stereocenters. The molecule has 3 rings (SSSR count). The molecule has 1 nitrogen and oxygen atoms in total. The van der Waals surface area contributed by atoms with Gasteiger partial charge >= 0.3 is 208 Å². The first-order valence-electron chi connectivity index (χ1n) is 10.1. The van der Waals surface area contributed by atoms with Crippen LogP contribution in [0.2, 0.25) is 5.32 Å². The van der Waals surface area contributed by atoms with Gasteiger partial charge < -0.3 is 0 Å². The Bertz CT molecular complexity index is 1080. The van der Waals surface area contributed by atoms with Gasteiger partial charge in [-0.25, -0.2) is 0 Å². The second kappa shape index (κ2) is 12.0. The number of hydrogen-bond acceptors (Lipinski definition) is 3. The Labute approximate surface area is 207 Å². The number of hydrogen-bond donors (Lipinski definition) is 0. The summed E-state index contributed by atoms with van der Waals surface area (Å²) in [6.45, 7) is 0. The van der Waals surface area contributed by atoms with Crippen molar-refractivity contribution >= 4 is 48.7 Å². The molecule has 7 heteroatoms. The molecule has 0 saturated heterocycles. The third kappa shape index (κ3) is 6.79. The van der Waals surface area contributed by atoms with Crippen molar-refractivity contribution in [2.75, 3.05) is 12.5 Å². The van der Waals surface area contributed by atoms with E-state index in [-0.39, 0.29) is 32.2 Å². The first-order valence-corrected chi connectivity index (χ1v) is 14.6. The average molecular weight is 552 g/mol. The van der Waals surface area contributed by atoms with Crippen LogP contribution in [0.3, 0.4) is 0 Å². The fraction of sp³-hybridized carbons (Fsp3) is 0.192. The zero-order chi connectivity index (χ0) is 23.8. The Balaban J connectivity index is 2.04. The van der Waals surface area contributed by atoms with E-state index in [9.17, 15) is 18.0 Å². The van der Waals surface area contributed by atoms with Crippen LogP contribution in [0.25, 0.3) is 0 Å². The number of carbonyl (C=O) groups is 1. The molecule has 0 aliphatic heterocycles. The predicted octanol–water partition coefficient (Wildman–Crippen LogP) is 7.06. The second-order valence-electron chi connectivity index (χ2n) is 7.10. The van der Waals surface area contributed by atoms with Crippen molar-refractivity contribution in [2.24, 2.45) is 0 Å². The van der Waals surface area contributed by atoms with Crippen LogP contribution in [0.1, 0.15) is 27.4 Å². The van der Waals surface area contributed by atoms with E-state index in [4.69, 9.17) is 0 Å². The van der Waals surface area contributed by atoms with Crippen molar-refractivity contribution in [1.82, 2.24) is 0 Å². The standard InChI is InChI=1S/C26H23F3OS2Se/c1-31-25(32-2)23(24(30)19-13-15-20(16-14-19)26(27,28)29)22(18-9-5-3-6-10-18)17-33-21-11-7-4-8-12-21/h3-16,22H,17H2,1-2H3. The molecule has 1 unspecified atom stereocenters. The number of benzene rings is 3. The minimum atomic E-state index is -4.44. The summed E-state index contributed by atoms with van der Waals surface area (Å²) in [7, 11) is 0. The molecular formula is C26H23F3OS2Se. The number of halogens is 3. The summed E-state index contributed by atoms with van der Waals surface area (Å²) in [6, 6.07) is 24.6. The molecule has 0 amide bonds. The number of allylic oxidation sites excluding steroid dienone is 1. The van der Waals surface area contributed by atoms with E-state index in [0.717, 1.165) is 27.3 Å². The van der Waals surface area contributed by atoms with E-state index < -0.39 is 11.7 Å². The number of alkyl halides is 3. The summed E-state index contributed by atoms with van der Waals surface area (Å²) in [5.74, 6) is -0.378. The van der Waals surface area contributed by atoms with Crippen molar-refractivity contribution in [3.05, 3.63) is 111 Å².